The summed E-state index contributed by atoms with van der Waals surface area (Å²) >= 11 is 0. The first-order valence-electron chi connectivity index (χ1n) is 7.81. The van der Waals surface area contributed by atoms with Crippen LogP contribution >= 0.6 is 0 Å². The summed E-state index contributed by atoms with van der Waals surface area (Å²) in [7, 11) is 0. The molecule has 0 amide bonds. The molecule has 0 fully saturated rings. The number of rotatable bonds is 2. The van der Waals surface area contributed by atoms with E-state index in [-0.39, 0.29) is 5.41 Å². The predicted octanol–water partition coefficient (Wildman–Crippen LogP) is 3.43. The van der Waals surface area contributed by atoms with Gasteiger partial charge in [0.15, 0.2) is 0 Å². The molecular weight excluding hydrogens is 262 g/mol. The van der Waals surface area contributed by atoms with Crippen LogP contribution < -0.4 is 0 Å². The van der Waals surface area contributed by atoms with E-state index in [0.717, 1.165) is 30.2 Å². The quantitative estimate of drug-likeness (QED) is 0.919. The monoisotopic (exact) mass is 285 g/mol. The maximum atomic E-state index is 9.75. The van der Waals surface area contributed by atoms with E-state index in [9.17, 15) is 5.11 Å². The van der Waals surface area contributed by atoms with E-state index in [2.05, 4.69) is 28.6 Å². The van der Waals surface area contributed by atoms with Crippen molar-refractivity contribution in [1.82, 2.24) is 14.8 Å². The highest BCUT2D eigenvalue weighted by atomic mass is 16.3. The lowest BCUT2D eigenvalue weighted by molar-refractivity contribution is 0.461. The highest BCUT2D eigenvalue weighted by molar-refractivity contribution is 5.36. The van der Waals surface area contributed by atoms with Crippen LogP contribution in [-0.4, -0.2) is 19.9 Å². The number of benzene rings is 1. The van der Waals surface area contributed by atoms with Crippen LogP contribution in [0.5, 0.6) is 5.75 Å². The summed E-state index contributed by atoms with van der Waals surface area (Å²) in [5.74, 6) is 2.41. The van der Waals surface area contributed by atoms with Gasteiger partial charge in [-0.15, -0.1) is 10.2 Å². The van der Waals surface area contributed by atoms with Crippen LogP contribution in [0.4, 0.5) is 0 Å². The Bertz CT molecular complexity index is 631. The molecule has 0 unspecified atom stereocenters. The van der Waals surface area contributed by atoms with Crippen molar-refractivity contribution >= 4 is 0 Å². The number of hydrogen-bond donors (Lipinski definition) is 1. The minimum absolute atomic E-state index is 0.261. The molecular formula is C17H23N3O. The molecule has 112 valence electrons. The SMILES string of the molecule is CC(C)(c1cccc(O)c1)c1nnc2n1CCCCCC2. The molecule has 0 radical (unpaired) electrons. The third kappa shape index (κ3) is 2.67. The Morgan fingerprint density at radius 2 is 1.90 bits per heavy atom. The Labute approximate surface area is 125 Å². The van der Waals surface area contributed by atoms with Gasteiger partial charge in [-0.1, -0.05) is 25.0 Å². The van der Waals surface area contributed by atoms with Crippen LogP contribution in [0, 0.1) is 0 Å². The number of phenols is 1. The van der Waals surface area contributed by atoms with Gasteiger partial charge < -0.3 is 9.67 Å². The Kier molecular flexibility index (Phi) is 3.70. The molecule has 0 bridgehead atoms. The van der Waals surface area contributed by atoms with Crippen molar-refractivity contribution in [3.8, 4) is 5.75 Å². The van der Waals surface area contributed by atoms with Crippen molar-refractivity contribution in [3.05, 3.63) is 41.5 Å². The second-order valence-corrected chi connectivity index (χ2v) is 6.43. The van der Waals surface area contributed by atoms with E-state index in [0.29, 0.717) is 5.75 Å². The molecule has 0 saturated heterocycles. The van der Waals surface area contributed by atoms with Crippen molar-refractivity contribution < 1.29 is 5.11 Å². The summed E-state index contributed by atoms with van der Waals surface area (Å²) in [5, 5.41) is 18.7. The number of aromatic hydroxyl groups is 1. The van der Waals surface area contributed by atoms with Crippen molar-refractivity contribution in [2.75, 3.05) is 0 Å². The van der Waals surface area contributed by atoms with Crippen molar-refractivity contribution in [1.29, 1.82) is 0 Å². The average Bonchev–Trinajstić information content (AvgIpc) is 2.81. The molecule has 1 aromatic heterocycles. The molecule has 2 aromatic rings. The van der Waals surface area contributed by atoms with Crippen LogP contribution in [0.15, 0.2) is 24.3 Å². The zero-order valence-corrected chi connectivity index (χ0v) is 12.8. The minimum Gasteiger partial charge on any atom is -0.508 e. The number of aryl methyl sites for hydroxylation is 1. The van der Waals surface area contributed by atoms with Gasteiger partial charge in [0.1, 0.15) is 17.4 Å². The molecule has 0 atom stereocenters. The molecule has 0 spiro atoms. The number of aromatic nitrogens is 3. The van der Waals surface area contributed by atoms with E-state index in [1.165, 1.54) is 25.7 Å². The number of nitrogens with zero attached hydrogens (tertiary/aromatic N) is 3. The van der Waals surface area contributed by atoms with Crippen LogP contribution in [0.2, 0.25) is 0 Å². The Balaban J connectivity index is 2.02. The van der Waals surface area contributed by atoms with E-state index in [1.54, 1.807) is 6.07 Å². The van der Waals surface area contributed by atoms with Gasteiger partial charge in [-0.05, 0) is 44.4 Å². The molecule has 1 N–H and O–H groups in total. The van der Waals surface area contributed by atoms with E-state index < -0.39 is 0 Å². The lowest BCUT2D eigenvalue weighted by Gasteiger charge is -2.26. The second kappa shape index (κ2) is 5.51. The summed E-state index contributed by atoms with van der Waals surface area (Å²) in [5.41, 5.74) is 0.808. The molecule has 4 heteroatoms. The van der Waals surface area contributed by atoms with E-state index >= 15 is 0 Å². The highest BCUT2D eigenvalue weighted by Gasteiger charge is 2.30. The lowest BCUT2D eigenvalue weighted by Crippen LogP contribution is -2.25. The van der Waals surface area contributed by atoms with Crippen molar-refractivity contribution in [2.24, 2.45) is 0 Å². The maximum Gasteiger partial charge on any atom is 0.143 e. The Hall–Kier alpha value is -1.84. The van der Waals surface area contributed by atoms with E-state index in [4.69, 9.17) is 0 Å². The lowest BCUT2D eigenvalue weighted by atomic mass is 9.83. The van der Waals surface area contributed by atoms with Crippen molar-refractivity contribution in [3.63, 3.8) is 0 Å². The fraction of sp³-hybridized carbons (Fsp3) is 0.529. The van der Waals surface area contributed by atoms with Crippen LogP contribution in [-0.2, 0) is 18.4 Å². The predicted molar refractivity (Wildman–Crippen MR) is 82.4 cm³/mol. The fourth-order valence-electron chi connectivity index (χ4n) is 3.15. The normalized spacial score (nSPS) is 16.1. The average molecular weight is 285 g/mol. The number of fused-ring (bicyclic) bond motifs is 1. The van der Waals surface area contributed by atoms with Gasteiger partial charge in [0, 0.05) is 18.4 Å². The first kappa shape index (κ1) is 14.1. The Morgan fingerprint density at radius 3 is 2.71 bits per heavy atom. The molecule has 1 aliphatic rings. The van der Waals surface area contributed by atoms with Gasteiger partial charge in [-0.2, -0.15) is 0 Å². The van der Waals surface area contributed by atoms with Crippen molar-refractivity contribution in [2.45, 2.75) is 57.9 Å². The summed E-state index contributed by atoms with van der Waals surface area (Å²) in [6, 6.07) is 7.46. The second-order valence-electron chi connectivity index (χ2n) is 6.43. The number of phenolic OH excluding ortho intramolecular Hbond substituents is 1. The topological polar surface area (TPSA) is 50.9 Å². The zero-order valence-electron chi connectivity index (χ0n) is 12.8. The molecule has 0 saturated carbocycles. The standard InChI is InChI=1S/C17H23N3O/c1-17(2,13-8-7-9-14(21)12-13)16-19-18-15-10-5-3-4-6-11-20(15)16/h7-9,12,21H,3-6,10-11H2,1-2H3. The first-order valence-corrected chi connectivity index (χ1v) is 7.81. The maximum absolute atomic E-state index is 9.75. The third-order valence-corrected chi connectivity index (χ3v) is 4.49. The summed E-state index contributed by atoms with van der Waals surface area (Å²) in [4.78, 5) is 0. The highest BCUT2D eigenvalue weighted by Crippen LogP contribution is 2.33. The summed E-state index contributed by atoms with van der Waals surface area (Å²) in [6.45, 7) is 5.30. The summed E-state index contributed by atoms with van der Waals surface area (Å²) < 4.78 is 2.29. The van der Waals surface area contributed by atoms with Gasteiger partial charge in [-0.25, -0.2) is 0 Å². The first-order chi connectivity index (χ1) is 10.1. The van der Waals surface area contributed by atoms with Crippen LogP contribution in [0.3, 0.4) is 0 Å². The van der Waals surface area contributed by atoms with Crippen LogP contribution in [0.1, 0.15) is 56.7 Å². The molecule has 1 aliphatic heterocycles. The van der Waals surface area contributed by atoms with Gasteiger partial charge in [0.2, 0.25) is 0 Å². The van der Waals surface area contributed by atoms with Gasteiger partial charge in [-0.3, -0.25) is 0 Å². The molecule has 1 aromatic carbocycles. The Morgan fingerprint density at radius 1 is 1.10 bits per heavy atom. The molecule has 0 aliphatic carbocycles. The largest absolute Gasteiger partial charge is 0.508 e. The van der Waals surface area contributed by atoms with E-state index in [1.807, 2.05) is 18.2 Å². The van der Waals surface area contributed by atoms with Gasteiger partial charge in [0.05, 0.1) is 0 Å². The third-order valence-electron chi connectivity index (χ3n) is 4.49. The summed E-state index contributed by atoms with van der Waals surface area (Å²) in [6.07, 6.45) is 5.98. The van der Waals surface area contributed by atoms with Crippen LogP contribution in [0.25, 0.3) is 0 Å². The smallest absolute Gasteiger partial charge is 0.143 e. The fourth-order valence-corrected chi connectivity index (χ4v) is 3.15. The van der Waals surface area contributed by atoms with Gasteiger partial charge >= 0.3 is 0 Å². The molecule has 3 rings (SSSR count). The van der Waals surface area contributed by atoms with Gasteiger partial charge in [0.25, 0.3) is 0 Å². The molecule has 2 heterocycles. The number of hydrogen-bond acceptors (Lipinski definition) is 3. The zero-order chi connectivity index (χ0) is 14.9. The minimum atomic E-state index is -0.261. The molecule has 4 nitrogen and oxygen atoms in total. The molecule has 21 heavy (non-hydrogen) atoms.